The van der Waals surface area contributed by atoms with Crippen molar-refractivity contribution in [2.75, 3.05) is 10.6 Å². The van der Waals surface area contributed by atoms with E-state index in [2.05, 4.69) is 15.6 Å². The quantitative estimate of drug-likeness (QED) is 0.299. The number of benzene rings is 2. The lowest BCUT2D eigenvalue weighted by atomic mass is 10.2. The van der Waals surface area contributed by atoms with Gasteiger partial charge in [0.05, 0.1) is 15.8 Å². The number of aromatic nitrogens is 1. The largest absolute Gasteiger partial charge is 0.322 e. The molecule has 2 N–H and O–H groups in total. The summed E-state index contributed by atoms with van der Waals surface area (Å²) < 4.78 is 13.0. The van der Waals surface area contributed by atoms with Crippen LogP contribution in [-0.4, -0.2) is 22.0 Å². The summed E-state index contributed by atoms with van der Waals surface area (Å²) in [6, 6.07) is 16.5. The number of amides is 2. The molecule has 32 heavy (non-hydrogen) atoms. The van der Waals surface area contributed by atoms with Gasteiger partial charge < -0.3 is 10.6 Å². The molecule has 0 aliphatic heterocycles. The lowest BCUT2D eigenvalue weighted by Gasteiger charge is -2.12. The second-order valence-corrected chi connectivity index (χ2v) is 9.97. The molecule has 2 aromatic carbocycles. The number of hydrogen-bond donors (Lipinski definition) is 2. The second-order valence-electron chi connectivity index (χ2n) is 6.75. The van der Waals surface area contributed by atoms with Gasteiger partial charge in [-0.25, -0.2) is 9.37 Å². The Morgan fingerprint density at radius 2 is 1.84 bits per heavy atom. The molecule has 2 amide bonds. The molecule has 0 fully saturated rings. The summed E-state index contributed by atoms with van der Waals surface area (Å²) in [5.74, 6) is -0.876. The minimum atomic E-state index is -0.396. The summed E-state index contributed by atoms with van der Waals surface area (Å²) in [5, 5.41) is 9.77. The van der Waals surface area contributed by atoms with Crippen molar-refractivity contribution in [2.45, 2.75) is 17.1 Å². The van der Waals surface area contributed by atoms with Crippen LogP contribution >= 0.6 is 34.4 Å². The lowest BCUT2D eigenvalue weighted by Crippen LogP contribution is -2.22. The first kappa shape index (κ1) is 22.2. The molecule has 0 bridgehead atoms. The van der Waals surface area contributed by atoms with E-state index in [0.29, 0.717) is 16.4 Å². The molecular formula is C23H18FN3O2S3. The van der Waals surface area contributed by atoms with Crippen molar-refractivity contribution in [3.63, 3.8) is 0 Å². The van der Waals surface area contributed by atoms with Gasteiger partial charge in [0.25, 0.3) is 5.91 Å². The standard InChI is InChI=1S/C23H18FN3O2S3/c1-14(21(28)27-23-26-19(13-31-23)20-6-3-11-30-20)32-18-5-2-4-17(12-18)25-22(29)15-7-9-16(24)10-8-15/h2-14H,1H3,(H,25,29)(H,26,27,28). The number of anilines is 2. The van der Waals surface area contributed by atoms with E-state index >= 15 is 0 Å². The van der Waals surface area contributed by atoms with Crippen LogP contribution in [0.5, 0.6) is 0 Å². The first-order valence-corrected chi connectivity index (χ1v) is 12.3. The predicted molar refractivity (Wildman–Crippen MR) is 130 cm³/mol. The third-order valence-electron chi connectivity index (χ3n) is 4.39. The number of carbonyl (C=O) groups is 2. The van der Waals surface area contributed by atoms with Gasteiger partial charge in [-0.1, -0.05) is 12.1 Å². The van der Waals surface area contributed by atoms with E-state index in [1.165, 1.54) is 47.4 Å². The van der Waals surface area contributed by atoms with Gasteiger partial charge in [0, 0.05) is 21.5 Å². The highest BCUT2D eigenvalue weighted by Crippen LogP contribution is 2.30. The van der Waals surface area contributed by atoms with Crippen LogP contribution in [0.1, 0.15) is 17.3 Å². The summed E-state index contributed by atoms with van der Waals surface area (Å²) in [6.45, 7) is 1.82. The smallest absolute Gasteiger partial charge is 0.255 e. The van der Waals surface area contributed by atoms with Gasteiger partial charge in [-0.2, -0.15) is 0 Å². The van der Waals surface area contributed by atoms with E-state index < -0.39 is 5.82 Å². The van der Waals surface area contributed by atoms with E-state index in [0.717, 1.165) is 15.5 Å². The number of rotatable bonds is 7. The Balaban J connectivity index is 1.35. The molecule has 2 aromatic heterocycles. The Morgan fingerprint density at radius 1 is 1.03 bits per heavy atom. The average Bonchev–Trinajstić information content (AvgIpc) is 3.46. The van der Waals surface area contributed by atoms with Crippen LogP contribution in [0, 0.1) is 5.82 Å². The molecule has 162 valence electrons. The molecule has 0 aliphatic rings. The zero-order chi connectivity index (χ0) is 22.5. The number of hydrogen-bond acceptors (Lipinski definition) is 6. The lowest BCUT2D eigenvalue weighted by molar-refractivity contribution is -0.115. The highest BCUT2D eigenvalue weighted by atomic mass is 32.2. The van der Waals surface area contributed by atoms with Gasteiger partial charge in [-0.3, -0.25) is 9.59 Å². The number of nitrogens with zero attached hydrogens (tertiary/aromatic N) is 1. The number of carbonyl (C=O) groups excluding carboxylic acids is 2. The number of thioether (sulfide) groups is 1. The topological polar surface area (TPSA) is 71.1 Å². The Hall–Kier alpha value is -3.01. The monoisotopic (exact) mass is 483 g/mol. The van der Waals surface area contributed by atoms with Crippen molar-refractivity contribution in [1.82, 2.24) is 4.98 Å². The van der Waals surface area contributed by atoms with Crippen LogP contribution in [0.3, 0.4) is 0 Å². The third-order valence-corrected chi connectivity index (χ3v) is 7.13. The molecule has 0 saturated carbocycles. The van der Waals surface area contributed by atoms with Crippen molar-refractivity contribution in [3.8, 4) is 10.6 Å². The molecule has 0 saturated heterocycles. The molecule has 0 radical (unpaired) electrons. The molecule has 0 spiro atoms. The minimum absolute atomic E-state index is 0.150. The summed E-state index contributed by atoms with van der Waals surface area (Å²) in [5.41, 5.74) is 1.81. The third kappa shape index (κ3) is 5.61. The summed E-state index contributed by atoms with van der Waals surface area (Å²) in [4.78, 5) is 31.3. The summed E-state index contributed by atoms with van der Waals surface area (Å²) in [6.07, 6.45) is 0. The Labute approximate surface area is 196 Å². The van der Waals surface area contributed by atoms with E-state index in [-0.39, 0.29) is 17.1 Å². The van der Waals surface area contributed by atoms with E-state index in [4.69, 9.17) is 0 Å². The molecular weight excluding hydrogens is 465 g/mol. The van der Waals surface area contributed by atoms with Crippen LogP contribution in [-0.2, 0) is 4.79 Å². The average molecular weight is 484 g/mol. The SMILES string of the molecule is CC(Sc1cccc(NC(=O)c2ccc(F)cc2)c1)C(=O)Nc1nc(-c2cccs2)cs1. The van der Waals surface area contributed by atoms with Crippen LogP contribution < -0.4 is 10.6 Å². The zero-order valence-electron chi connectivity index (χ0n) is 16.9. The number of halogens is 1. The van der Waals surface area contributed by atoms with Gasteiger partial charge in [-0.15, -0.1) is 34.4 Å². The minimum Gasteiger partial charge on any atom is -0.322 e. The first-order valence-electron chi connectivity index (χ1n) is 9.62. The van der Waals surface area contributed by atoms with Crippen LogP contribution in [0.25, 0.3) is 10.6 Å². The van der Waals surface area contributed by atoms with Crippen LogP contribution in [0.4, 0.5) is 15.2 Å². The van der Waals surface area contributed by atoms with Crippen molar-refractivity contribution in [3.05, 3.63) is 82.8 Å². The molecule has 2 heterocycles. The van der Waals surface area contributed by atoms with Gasteiger partial charge in [0.1, 0.15) is 5.82 Å². The first-order chi connectivity index (χ1) is 15.5. The number of nitrogens with one attached hydrogen (secondary N) is 2. The van der Waals surface area contributed by atoms with Crippen molar-refractivity contribution < 1.29 is 14.0 Å². The summed E-state index contributed by atoms with van der Waals surface area (Å²) >= 11 is 4.37. The molecule has 4 rings (SSSR count). The molecule has 0 aliphatic carbocycles. The van der Waals surface area contributed by atoms with E-state index in [1.54, 1.807) is 29.5 Å². The maximum atomic E-state index is 13.0. The fourth-order valence-electron chi connectivity index (χ4n) is 2.78. The maximum Gasteiger partial charge on any atom is 0.255 e. The molecule has 9 heteroatoms. The number of thiazole rings is 1. The van der Waals surface area contributed by atoms with Gasteiger partial charge in [-0.05, 0) is 60.8 Å². The Morgan fingerprint density at radius 3 is 2.59 bits per heavy atom. The molecule has 5 nitrogen and oxygen atoms in total. The fourth-order valence-corrected chi connectivity index (χ4v) is 5.19. The highest BCUT2D eigenvalue weighted by Gasteiger charge is 2.17. The van der Waals surface area contributed by atoms with Crippen LogP contribution in [0.2, 0.25) is 0 Å². The second kappa shape index (κ2) is 10.1. The number of thiophene rings is 1. The molecule has 1 unspecified atom stereocenters. The summed E-state index contributed by atoms with van der Waals surface area (Å²) in [7, 11) is 0. The van der Waals surface area contributed by atoms with Gasteiger partial charge >= 0.3 is 0 Å². The van der Waals surface area contributed by atoms with Gasteiger partial charge in [0.15, 0.2) is 5.13 Å². The van der Waals surface area contributed by atoms with Crippen molar-refractivity contribution in [2.24, 2.45) is 0 Å². The van der Waals surface area contributed by atoms with Gasteiger partial charge in [0.2, 0.25) is 5.91 Å². The van der Waals surface area contributed by atoms with Crippen molar-refractivity contribution in [1.29, 1.82) is 0 Å². The maximum absolute atomic E-state index is 13.0. The van der Waals surface area contributed by atoms with Crippen LogP contribution in [0.15, 0.2) is 76.3 Å². The Bertz CT molecular complexity index is 1220. The predicted octanol–water partition coefficient (Wildman–Crippen LogP) is 6.38. The Kier molecular flexibility index (Phi) is 6.99. The van der Waals surface area contributed by atoms with E-state index in [9.17, 15) is 14.0 Å². The normalized spacial score (nSPS) is 11.7. The fraction of sp³-hybridized carbons (Fsp3) is 0.0870. The molecule has 4 aromatic rings. The highest BCUT2D eigenvalue weighted by molar-refractivity contribution is 8.00. The van der Waals surface area contributed by atoms with Crippen molar-refractivity contribution >= 4 is 57.1 Å². The zero-order valence-corrected chi connectivity index (χ0v) is 19.3. The van der Waals surface area contributed by atoms with E-state index in [1.807, 2.05) is 35.9 Å². The molecule has 1 atom stereocenters.